The summed E-state index contributed by atoms with van der Waals surface area (Å²) in [7, 11) is 1.53. The van der Waals surface area contributed by atoms with Gasteiger partial charge in [0.1, 0.15) is 5.75 Å². The number of nitrogens with two attached hydrogens (primary N) is 1. The van der Waals surface area contributed by atoms with Crippen molar-refractivity contribution in [1.82, 2.24) is 4.90 Å². The number of aliphatic hydroxyl groups excluding tert-OH is 1. The molecule has 4 rings (SSSR count). The predicted molar refractivity (Wildman–Crippen MR) is 112 cm³/mol. The average Bonchev–Trinajstić information content (AvgIpc) is 3.16. The van der Waals surface area contributed by atoms with Crippen LogP contribution in [0.5, 0.6) is 5.75 Å². The summed E-state index contributed by atoms with van der Waals surface area (Å²) in [5.74, 6) is -0.176. The van der Waals surface area contributed by atoms with Gasteiger partial charge in [0, 0.05) is 12.5 Å². The number of alkyl halides is 2. The van der Waals surface area contributed by atoms with Gasteiger partial charge >= 0.3 is 6.61 Å². The Bertz CT molecular complexity index is 840. The Morgan fingerprint density at radius 2 is 2.00 bits per heavy atom. The molecule has 1 aliphatic heterocycles. The van der Waals surface area contributed by atoms with E-state index in [2.05, 4.69) is 9.73 Å². The Kier molecular flexibility index (Phi) is 6.85. The van der Waals surface area contributed by atoms with Crippen molar-refractivity contribution in [2.45, 2.75) is 64.2 Å². The maximum Gasteiger partial charge on any atom is 0.387 e. The van der Waals surface area contributed by atoms with E-state index in [0.29, 0.717) is 44.3 Å². The lowest BCUT2D eigenvalue weighted by Gasteiger charge is -2.44. The van der Waals surface area contributed by atoms with E-state index in [1.165, 1.54) is 24.1 Å². The van der Waals surface area contributed by atoms with Crippen molar-refractivity contribution in [3.8, 4) is 5.75 Å². The van der Waals surface area contributed by atoms with E-state index in [1.54, 1.807) is 6.07 Å². The fraction of sp³-hybridized carbons (Fsp3) is 0.636. The van der Waals surface area contributed by atoms with Gasteiger partial charge in [-0.3, -0.25) is 9.69 Å². The van der Waals surface area contributed by atoms with E-state index in [4.69, 9.17) is 10.5 Å². The smallest absolute Gasteiger partial charge is 0.387 e. The number of rotatable bonds is 5. The highest BCUT2D eigenvalue weighted by Gasteiger charge is 2.66. The van der Waals surface area contributed by atoms with Crippen molar-refractivity contribution in [3.63, 3.8) is 0 Å². The molecule has 3 aliphatic rings. The number of carbonyl (C=O) groups is 1. The van der Waals surface area contributed by atoms with Crippen LogP contribution in [0.3, 0.4) is 0 Å². The number of aliphatic hydroxyl groups is 1. The van der Waals surface area contributed by atoms with E-state index in [-0.39, 0.29) is 24.2 Å². The summed E-state index contributed by atoms with van der Waals surface area (Å²) in [5, 5.41) is 10.1. The van der Waals surface area contributed by atoms with Crippen LogP contribution in [-0.2, 0) is 21.5 Å². The van der Waals surface area contributed by atoms with Crippen LogP contribution in [0.1, 0.15) is 50.7 Å². The molecule has 7 nitrogen and oxygen atoms in total. The number of amides is 1. The molecule has 2 spiro atoms. The Morgan fingerprint density at radius 1 is 1.32 bits per heavy atom. The fourth-order valence-electron chi connectivity index (χ4n) is 5.19. The quantitative estimate of drug-likeness (QED) is 0.735. The van der Waals surface area contributed by atoms with Gasteiger partial charge in [-0.1, -0.05) is 19.9 Å². The lowest BCUT2D eigenvalue weighted by molar-refractivity contribution is -0.138. The van der Waals surface area contributed by atoms with E-state index < -0.39 is 23.7 Å². The molecule has 1 fully saturated rings. The van der Waals surface area contributed by atoms with E-state index in [1.807, 2.05) is 13.8 Å². The van der Waals surface area contributed by atoms with Crippen molar-refractivity contribution < 1.29 is 28.2 Å². The van der Waals surface area contributed by atoms with Crippen molar-refractivity contribution in [2.24, 2.45) is 16.1 Å². The van der Waals surface area contributed by atoms with Crippen LogP contribution in [0, 0.1) is 5.41 Å². The van der Waals surface area contributed by atoms with Gasteiger partial charge < -0.3 is 20.3 Å². The zero-order valence-electron chi connectivity index (χ0n) is 18.2. The molecule has 0 aromatic heterocycles. The monoisotopic (exact) mass is 439 g/mol. The largest absolute Gasteiger partial charge is 0.435 e. The highest BCUT2D eigenvalue weighted by molar-refractivity contribution is 6.08. The lowest BCUT2D eigenvalue weighted by Crippen LogP contribution is -2.52. The molecule has 31 heavy (non-hydrogen) atoms. The van der Waals surface area contributed by atoms with Crippen LogP contribution in [0.2, 0.25) is 0 Å². The number of carbonyl (C=O) groups excluding carboxylic acids is 1. The number of fused-ring (bicyclic) bond motifs is 3. The Labute approximate surface area is 181 Å². The second kappa shape index (κ2) is 9.08. The van der Waals surface area contributed by atoms with Gasteiger partial charge in [-0.05, 0) is 55.4 Å². The number of benzene rings is 1. The number of halogens is 2. The molecule has 1 atom stereocenters. The molecule has 1 heterocycles. The molecule has 0 bridgehead atoms. The highest BCUT2D eigenvalue weighted by Crippen LogP contribution is 2.62. The molecule has 1 aromatic carbocycles. The topological polar surface area (TPSA) is 97.4 Å². The number of ether oxygens (including phenoxy) is 2. The first kappa shape index (κ1) is 23.4. The summed E-state index contributed by atoms with van der Waals surface area (Å²) >= 11 is 0. The number of hydrogen-bond donors (Lipinski definition) is 2. The molecular formula is C22H31F2N3O4. The van der Waals surface area contributed by atoms with Gasteiger partial charge in [-0.2, -0.15) is 8.78 Å². The van der Waals surface area contributed by atoms with Crippen LogP contribution in [-0.4, -0.2) is 54.9 Å². The summed E-state index contributed by atoms with van der Waals surface area (Å²) in [6.07, 6.45) is 2.45. The van der Waals surface area contributed by atoms with Crippen LogP contribution >= 0.6 is 0 Å². The third kappa shape index (κ3) is 3.78. The molecule has 172 valence electrons. The minimum absolute atomic E-state index is 0.0112. The third-order valence-electron chi connectivity index (χ3n) is 6.54. The normalized spacial score (nSPS) is 29.3. The summed E-state index contributed by atoms with van der Waals surface area (Å²) in [6.45, 7) is 1.59. The molecule has 9 heteroatoms. The maximum absolute atomic E-state index is 13.7. The Hall–Kier alpha value is -2.26. The maximum atomic E-state index is 13.7. The first-order chi connectivity index (χ1) is 14.8. The van der Waals surface area contributed by atoms with Gasteiger partial charge in [0.2, 0.25) is 0 Å². The third-order valence-corrected chi connectivity index (χ3v) is 6.54. The minimum atomic E-state index is -2.96. The minimum Gasteiger partial charge on any atom is -0.435 e. The van der Waals surface area contributed by atoms with Crippen LogP contribution in [0.25, 0.3) is 0 Å². The Morgan fingerprint density at radius 3 is 2.61 bits per heavy atom. The number of aliphatic imine (C=N–C) groups is 1. The van der Waals surface area contributed by atoms with Gasteiger partial charge in [-0.25, -0.2) is 4.99 Å². The number of hydrogen-bond acceptors (Lipinski definition) is 6. The zero-order valence-corrected chi connectivity index (χ0v) is 18.2. The first-order valence-corrected chi connectivity index (χ1v) is 10.8. The molecule has 3 N–H and O–H groups in total. The molecule has 1 unspecified atom stereocenters. The van der Waals surface area contributed by atoms with Crippen molar-refractivity contribution in [1.29, 1.82) is 0 Å². The Balaban J connectivity index is 0.00000132. The van der Waals surface area contributed by atoms with Gasteiger partial charge in [0.25, 0.3) is 5.91 Å². The second-order valence-electron chi connectivity index (χ2n) is 8.02. The number of guanidine groups is 1. The fourth-order valence-corrected chi connectivity index (χ4v) is 5.19. The van der Waals surface area contributed by atoms with Crippen LogP contribution in [0.15, 0.2) is 23.2 Å². The molecule has 1 aromatic rings. The molecule has 0 radical (unpaired) electrons. The number of methoxy groups -OCH3 is 1. The van der Waals surface area contributed by atoms with Crippen LogP contribution < -0.4 is 10.5 Å². The molecule has 1 saturated carbocycles. The predicted octanol–water partition coefficient (Wildman–Crippen LogP) is 2.79. The lowest BCUT2D eigenvalue weighted by atomic mass is 9.61. The highest BCUT2D eigenvalue weighted by atomic mass is 19.3. The average molecular weight is 440 g/mol. The summed E-state index contributed by atoms with van der Waals surface area (Å²) in [6, 6.07) is 4.71. The molecule has 1 amide bonds. The van der Waals surface area contributed by atoms with Gasteiger partial charge in [0.05, 0.1) is 19.3 Å². The molecule has 2 aliphatic carbocycles. The van der Waals surface area contributed by atoms with Crippen molar-refractivity contribution in [2.75, 3.05) is 20.3 Å². The summed E-state index contributed by atoms with van der Waals surface area (Å²) < 4.78 is 35.3. The summed E-state index contributed by atoms with van der Waals surface area (Å²) in [4.78, 5) is 19.8. The van der Waals surface area contributed by atoms with E-state index in [9.17, 15) is 18.7 Å². The first-order valence-electron chi connectivity index (χ1n) is 10.8. The molecule has 0 saturated heterocycles. The van der Waals surface area contributed by atoms with Crippen molar-refractivity contribution in [3.05, 3.63) is 29.3 Å². The van der Waals surface area contributed by atoms with Gasteiger partial charge in [-0.15, -0.1) is 0 Å². The van der Waals surface area contributed by atoms with Crippen LogP contribution in [0.4, 0.5) is 8.78 Å². The summed E-state index contributed by atoms with van der Waals surface area (Å²) in [5.41, 5.74) is 5.76. The number of nitrogens with zero attached hydrogens (tertiary/aromatic N) is 2. The van der Waals surface area contributed by atoms with Crippen molar-refractivity contribution >= 4 is 11.9 Å². The van der Waals surface area contributed by atoms with Gasteiger partial charge in [0.15, 0.2) is 11.5 Å². The zero-order chi connectivity index (χ0) is 22.8. The van der Waals surface area contributed by atoms with E-state index >= 15 is 0 Å². The molecular weight excluding hydrogens is 408 g/mol. The SMILES string of the molecule is CC.COCCN1C(=O)C2(N=C1N)c1cc(OC(F)F)ccc1CC21CCC(O)CC1. The van der Waals surface area contributed by atoms with E-state index in [0.717, 1.165) is 5.56 Å². The standard InChI is InChI=1S/C20H25F2N3O4.C2H6/c1-28-9-8-25-16(27)20(24-18(25)23)15-10-14(29-17(21)22)3-2-12(15)11-19(20)6-4-13(26)5-7-19;1-2/h2-3,10,13,17,26H,4-9,11H2,1H3,(H2,23,24);1-2H3. The second-order valence-corrected chi connectivity index (χ2v) is 8.02.